The Labute approximate surface area is 154 Å². The van der Waals surface area contributed by atoms with Crippen LogP contribution >= 0.6 is 34.8 Å². The third-order valence-electron chi connectivity index (χ3n) is 3.31. The average molecular weight is 411 g/mol. The van der Waals surface area contributed by atoms with Gasteiger partial charge in [-0.25, -0.2) is 13.2 Å². The first-order valence-electron chi connectivity index (χ1n) is 6.97. The van der Waals surface area contributed by atoms with Crippen molar-refractivity contribution >= 4 is 50.7 Å². The Bertz CT molecular complexity index is 877. The number of carbonyl (C=O) groups excluding carboxylic acids is 1. The monoisotopic (exact) mass is 409 g/mol. The number of hydrogen-bond acceptors (Lipinski definition) is 4. The molecule has 1 aromatic carbocycles. The van der Waals surface area contributed by atoms with Gasteiger partial charge in [0, 0.05) is 18.1 Å². The van der Waals surface area contributed by atoms with E-state index in [1.165, 1.54) is 23.1 Å². The number of carbonyl (C=O) groups is 1. The zero-order chi connectivity index (χ0) is 18.1. The summed E-state index contributed by atoms with van der Waals surface area (Å²) in [7, 11) is -4.13. The van der Waals surface area contributed by atoms with Crippen LogP contribution in [0.4, 0.5) is 4.79 Å². The molecule has 1 heterocycles. The molecule has 0 aliphatic carbocycles. The molecule has 0 atom stereocenters. The summed E-state index contributed by atoms with van der Waals surface area (Å²) in [4.78, 5) is 13.5. The Balaban J connectivity index is 2.53. The van der Waals surface area contributed by atoms with Crippen molar-refractivity contribution in [3.63, 3.8) is 0 Å². The van der Waals surface area contributed by atoms with Gasteiger partial charge < -0.3 is 4.90 Å². The second-order valence-corrected chi connectivity index (χ2v) is 7.84. The van der Waals surface area contributed by atoms with Crippen LogP contribution in [0, 0.1) is 0 Å². The number of hydrogen-bond donors (Lipinski definition) is 0. The van der Waals surface area contributed by atoms with Crippen molar-refractivity contribution in [2.24, 2.45) is 0 Å². The van der Waals surface area contributed by atoms with Crippen molar-refractivity contribution < 1.29 is 13.2 Å². The molecule has 10 heteroatoms. The van der Waals surface area contributed by atoms with E-state index in [9.17, 15) is 13.2 Å². The van der Waals surface area contributed by atoms with Gasteiger partial charge in [-0.3, -0.25) is 0 Å². The Morgan fingerprint density at radius 1 is 1.17 bits per heavy atom. The van der Waals surface area contributed by atoms with E-state index < -0.39 is 20.9 Å². The molecule has 1 amide bonds. The molecule has 0 aliphatic heterocycles. The topological polar surface area (TPSA) is 72.3 Å². The van der Waals surface area contributed by atoms with Gasteiger partial charge in [0.2, 0.25) is 14.9 Å². The highest BCUT2D eigenvalue weighted by atomic mass is 35.5. The van der Waals surface area contributed by atoms with E-state index in [4.69, 9.17) is 34.8 Å². The summed E-state index contributed by atoms with van der Waals surface area (Å²) in [5.74, 6) is 0. The van der Waals surface area contributed by atoms with E-state index >= 15 is 0 Å². The zero-order valence-corrected chi connectivity index (χ0v) is 15.9. The molecule has 1 aromatic heterocycles. The van der Waals surface area contributed by atoms with Gasteiger partial charge in [0.15, 0.2) is 0 Å². The van der Waals surface area contributed by atoms with E-state index in [1.807, 2.05) is 0 Å². The molecule has 0 radical (unpaired) electrons. The number of nitrogens with zero attached hydrogens (tertiary/aromatic N) is 3. The lowest BCUT2D eigenvalue weighted by Gasteiger charge is -2.17. The molecule has 0 N–H and O–H groups in total. The molecule has 0 fully saturated rings. The van der Waals surface area contributed by atoms with Gasteiger partial charge in [-0.2, -0.15) is 9.78 Å². The molecule has 0 unspecified atom stereocenters. The van der Waals surface area contributed by atoms with Crippen molar-refractivity contribution in [2.45, 2.75) is 23.8 Å². The van der Waals surface area contributed by atoms with E-state index in [0.29, 0.717) is 13.1 Å². The summed E-state index contributed by atoms with van der Waals surface area (Å²) in [6, 6.07) is 3.57. The van der Waals surface area contributed by atoms with Crippen LogP contribution in [-0.2, 0) is 9.84 Å². The van der Waals surface area contributed by atoms with E-state index in [1.54, 1.807) is 13.8 Å². The van der Waals surface area contributed by atoms with Crippen molar-refractivity contribution in [3.05, 3.63) is 39.5 Å². The third-order valence-corrected chi connectivity index (χ3v) is 6.10. The minimum absolute atomic E-state index is 0.0138. The first-order valence-corrected chi connectivity index (χ1v) is 9.58. The van der Waals surface area contributed by atoms with Gasteiger partial charge >= 0.3 is 6.03 Å². The first kappa shape index (κ1) is 19.1. The maximum Gasteiger partial charge on any atom is 0.344 e. The standard InChI is InChI=1S/C14H14Cl3N3O3S/c1-3-19(4-2)14(21)20-8-11(17)13(18-20)24(22,23)12-7-9(15)5-6-10(12)16/h5-8H,3-4H2,1-2H3. The lowest BCUT2D eigenvalue weighted by molar-refractivity contribution is 0.201. The molecular weight excluding hydrogens is 397 g/mol. The fourth-order valence-corrected chi connectivity index (χ4v) is 4.46. The summed E-state index contributed by atoms with van der Waals surface area (Å²) >= 11 is 17.8. The molecule has 130 valence electrons. The van der Waals surface area contributed by atoms with Gasteiger partial charge in [-0.1, -0.05) is 34.8 Å². The van der Waals surface area contributed by atoms with Gasteiger partial charge in [0.05, 0.1) is 21.1 Å². The van der Waals surface area contributed by atoms with Gasteiger partial charge in [0.1, 0.15) is 0 Å². The van der Waals surface area contributed by atoms with Crippen LogP contribution in [0.25, 0.3) is 0 Å². The third kappa shape index (κ3) is 3.54. The van der Waals surface area contributed by atoms with Crippen LogP contribution in [0.5, 0.6) is 0 Å². The number of benzene rings is 1. The van der Waals surface area contributed by atoms with Gasteiger partial charge in [-0.05, 0) is 32.0 Å². The van der Waals surface area contributed by atoms with Crippen molar-refractivity contribution in [2.75, 3.05) is 13.1 Å². The number of sulfone groups is 1. The summed E-state index contributed by atoms with van der Waals surface area (Å²) in [5, 5.41) is 3.41. The second kappa shape index (κ2) is 7.31. The molecule has 0 spiro atoms. The van der Waals surface area contributed by atoms with Crippen molar-refractivity contribution in [3.8, 4) is 0 Å². The largest absolute Gasteiger partial charge is 0.344 e. The van der Waals surface area contributed by atoms with Crippen molar-refractivity contribution in [1.29, 1.82) is 0 Å². The Morgan fingerprint density at radius 3 is 2.38 bits per heavy atom. The Morgan fingerprint density at radius 2 is 1.79 bits per heavy atom. The SMILES string of the molecule is CCN(CC)C(=O)n1cc(Cl)c(S(=O)(=O)c2cc(Cl)ccc2Cl)n1. The number of halogens is 3. The highest BCUT2D eigenvalue weighted by molar-refractivity contribution is 7.91. The molecule has 0 saturated carbocycles. The predicted octanol–water partition coefficient (Wildman–Crippen LogP) is 3.99. The molecular formula is C14H14Cl3N3O3S. The zero-order valence-electron chi connectivity index (χ0n) is 12.8. The summed E-state index contributed by atoms with van der Waals surface area (Å²) in [6.45, 7) is 4.51. The van der Waals surface area contributed by atoms with Crippen LogP contribution in [0.1, 0.15) is 13.8 Å². The maximum atomic E-state index is 12.7. The highest BCUT2D eigenvalue weighted by Gasteiger charge is 2.29. The quantitative estimate of drug-likeness (QED) is 0.764. The van der Waals surface area contributed by atoms with Crippen LogP contribution < -0.4 is 0 Å². The van der Waals surface area contributed by atoms with Crippen molar-refractivity contribution in [1.82, 2.24) is 14.7 Å². The maximum absolute atomic E-state index is 12.7. The normalized spacial score (nSPS) is 11.5. The number of amides is 1. The lowest BCUT2D eigenvalue weighted by atomic mass is 10.4. The summed E-state index contributed by atoms with van der Waals surface area (Å²) in [6.07, 6.45) is 1.16. The van der Waals surface area contributed by atoms with E-state index in [2.05, 4.69) is 5.10 Å². The molecule has 2 aromatic rings. The molecule has 0 aliphatic rings. The molecule has 0 saturated heterocycles. The molecule has 2 rings (SSSR count). The van der Waals surface area contributed by atoms with Gasteiger partial charge in [0.25, 0.3) is 0 Å². The molecule has 0 bridgehead atoms. The van der Waals surface area contributed by atoms with Crippen LogP contribution in [0.15, 0.2) is 34.3 Å². The smallest absolute Gasteiger partial charge is 0.323 e. The number of rotatable bonds is 4. The highest BCUT2D eigenvalue weighted by Crippen LogP contribution is 2.32. The fraction of sp³-hybridized carbons (Fsp3) is 0.286. The average Bonchev–Trinajstić information content (AvgIpc) is 2.93. The predicted molar refractivity (Wildman–Crippen MR) is 92.9 cm³/mol. The lowest BCUT2D eigenvalue weighted by Crippen LogP contribution is -2.34. The number of aromatic nitrogens is 2. The minimum atomic E-state index is -4.13. The van der Waals surface area contributed by atoms with E-state index in [-0.39, 0.29) is 20.0 Å². The fourth-order valence-electron chi connectivity index (χ4n) is 2.04. The van der Waals surface area contributed by atoms with E-state index in [0.717, 1.165) is 10.9 Å². The van der Waals surface area contributed by atoms with Crippen LogP contribution in [-0.4, -0.2) is 42.2 Å². The van der Waals surface area contributed by atoms with Crippen LogP contribution in [0.3, 0.4) is 0 Å². The Hall–Kier alpha value is -1.28. The molecule has 6 nitrogen and oxygen atoms in total. The van der Waals surface area contributed by atoms with Gasteiger partial charge in [-0.15, -0.1) is 0 Å². The first-order chi connectivity index (χ1) is 11.2. The molecule has 24 heavy (non-hydrogen) atoms. The summed E-state index contributed by atoms with van der Waals surface area (Å²) < 4.78 is 26.4. The van der Waals surface area contributed by atoms with Crippen LogP contribution in [0.2, 0.25) is 15.1 Å². The Kier molecular flexibility index (Phi) is 5.80. The summed E-state index contributed by atoms with van der Waals surface area (Å²) in [5.41, 5.74) is 0. The second-order valence-electron chi connectivity index (χ2n) is 4.76. The minimum Gasteiger partial charge on any atom is -0.323 e.